The van der Waals surface area contributed by atoms with E-state index in [1.807, 2.05) is 30.3 Å². The molecule has 0 saturated heterocycles. The Kier molecular flexibility index (Phi) is 3.30. The van der Waals surface area contributed by atoms with Crippen molar-refractivity contribution in [2.24, 2.45) is 0 Å². The van der Waals surface area contributed by atoms with E-state index in [1.165, 1.54) is 4.90 Å². The second kappa shape index (κ2) is 5.37. The first-order chi connectivity index (χ1) is 11.6. The Labute approximate surface area is 139 Å². The molecule has 2 aliphatic rings. The van der Waals surface area contributed by atoms with Gasteiger partial charge in [-0.25, -0.2) is 4.79 Å². The van der Waals surface area contributed by atoms with E-state index in [-0.39, 0.29) is 12.4 Å². The molecule has 1 heterocycles. The first-order valence-electron chi connectivity index (χ1n) is 7.91. The molecule has 1 saturated carbocycles. The SMILES string of the molecule is CN(C(=O)OCc1ccccc1)c1ccc2c(c1)C(=O)C1(CC1)O2. The molecule has 0 atom stereocenters. The molecule has 0 aromatic heterocycles. The van der Waals surface area contributed by atoms with Crippen LogP contribution >= 0.6 is 0 Å². The molecule has 0 unspecified atom stereocenters. The number of hydrogen-bond acceptors (Lipinski definition) is 4. The van der Waals surface area contributed by atoms with E-state index >= 15 is 0 Å². The van der Waals surface area contributed by atoms with Crippen molar-refractivity contribution in [3.05, 3.63) is 59.7 Å². The van der Waals surface area contributed by atoms with Gasteiger partial charge in [-0.15, -0.1) is 0 Å². The van der Waals surface area contributed by atoms with Gasteiger partial charge in [0.15, 0.2) is 5.60 Å². The van der Waals surface area contributed by atoms with Crippen LogP contribution in [-0.4, -0.2) is 24.5 Å². The minimum Gasteiger partial charge on any atom is -0.478 e. The summed E-state index contributed by atoms with van der Waals surface area (Å²) in [6.07, 6.45) is 1.07. The molecule has 0 N–H and O–H groups in total. The van der Waals surface area contributed by atoms with Crippen molar-refractivity contribution < 1.29 is 19.1 Å². The molecule has 122 valence electrons. The number of benzene rings is 2. The number of fused-ring (bicyclic) bond motifs is 1. The first kappa shape index (κ1) is 14.8. The zero-order valence-electron chi connectivity index (χ0n) is 13.3. The molecule has 1 fully saturated rings. The number of Topliss-reactive ketones (excluding diaryl/α,β-unsaturated/α-hetero) is 1. The van der Waals surface area contributed by atoms with E-state index in [4.69, 9.17) is 9.47 Å². The van der Waals surface area contributed by atoms with Crippen molar-refractivity contribution in [1.82, 2.24) is 0 Å². The van der Waals surface area contributed by atoms with Crippen molar-refractivity contribution in [1.29, 1.82) is 0 Å². The van der Waals surface area contributed by atoms with E-state index in [2.05, 4.69) is 0 Å². The van der Waals surface area contributed by atoms with Crippen LogP contribution in [0.15, 0.2) is 48.5 Å². The summed E-state index contributed by atoms with van der Waals surface area (Å²) >= 11 is 0. The van der Waals surface area contributed by atoms with Crippen LogP contribution < -0.4 is 9.64 Å². The zero-order chi connectivity index (χ0) is 16.7. The third kappa shape index (κ3) is 2.42. The Morgan fingerprint density at radius 1 is 1.21 bits per heavy atom. The Bertz CT molecular complexity index is 811. The lowest BCUT2D eigenvalue weighted by Crippen LogP contribution is -2.27. The number of nitrogens with zero attached hydrogens (tertiary/aromatic N) is 1. The maximum atomic E-state index is 12.4. The largest absolute Gasteiger partial charge is 0.478 e. The maximum absolute atomic E-state index is 12.4. The van der Waals surface area contributed by atoms with Crippen LogP contribution in [-0.2, 0) is 11.3 Å². The zero-order valence-corrected chi connectivity index (χ0v) is 13.3. The predicted molar refractivity (Wildman–Crippen MR) is 88.4 cm³/mol. The highest BCUT2D eigenvalue weighted by molar-refractivity contribution is 6.10. The van der Waals surface area contributed by atoms with Crippen LogP contribution in [0, 0.1) is 0 Å². The number of anilines is 1. The van der Waals surface area contributed by atoms with Crippen molar-refractivity contribution in [2.75, 3.05) is 11.9 Å². The molecule has 0 radical (unpaired) electrons. The summed E-state index contributed by atoms with van der Waals surface area (Å²) in [6, 6.07) is 14.7. The topological polar surface area (TPSA) is 55.8 Å². The van der Waals surface area contributed by atoms with Gasteiger partial charge in [-0.2, -0.15) is 0 Å². The van der Waals surface area contributed by atoms with Crippen LogP contribution in [0.4, 0.5) is 10.5 Å². The molecule has 5 nitrogen and oxygen atoms in total. The van der Waals surface area contributed by atoms with E-state index in [9.17, 15) is 9.59 Å². The maximum Gasteiger partial charge on any atom is 0.414 e. The van der Waals surface area contributed by atoms with E-state index < -0.39 is 11.7 Å². The summed E-state index contributed by atoms with van der Waals surface area (Å²) in [6.45, 7) is 0.208. The second-order valence-corrected chi connectivity index (χ2v) is 6.21. The minimum absolute atomic E-state index is 0.0189. The lowest BCUT2D eigenvalue weighted by Gasteiger charge is -2.17. The normalized spacial score (nSPS) is 16.5. The fourth-order valence-corrected chi connectivity index (χ4v) is 2.86. The minimum atomic E-state index is -0.618. The van der Waals surface area contributed by atoms with Gasteiger partial charge in [-0.3, -0.25) is 9.69 Å². The Morgan fingerprint density at radius 2 is 1.96 bits per heavy atom. The van der Waals surface area contributed by atoms with Crippen LogP contribution in [0.3, 0.4) is 0 Å². The van der Waals surface area contributed by atoms with Gasteiger partial charge in [-0.1, -0.05) is 30.3 Å². The molecule has 2 aromatic carbocycles. The van der Waals surface area contributed by atoms with E-state index in [1.54, 1.807) is 25.2 Å². The van der Waals surface area contributed by atoms with Crippen LogP contribution in [0.5, 0.6) is 5.75 Å². The van der Waals surface area contributed by atoms with Crippen molar-refractivity contribution >= 4 is 17.6 Å². The molecule has 1 aliphatic heterocycles. The first-order valence-corrected chi connectivity index (χ1v) is 7.91. The van der Waals surface area contributed by atoms with Gasteiger partial charge in [-0.05, 0) is 36.6 Å². The third-order valence-corrected chi connectivity index (χ3v) is 4.50. The summed E-state index contributed by atoms with van der Waals surface area (Å²) in [7, 11) is 1.63. The standard InChI is InChI=1S/C19H17NO4/c1-20(18(22)23-12-13-5-3-2-4-6-13)14-7-8-16-15(11-14)17(21)19(24-16)9-10-19/h2-8,11H,9-10,12H2,1H3. The van der Waals surface area contributed by atoms with E-state index in [0.29, 0.717) is 17.0 Å². The molecule has 24 heavy (non-hydrogen) atoms. The van der Waals surface area contributed by atoms with Gasteiger partial charge in [0.1, 0.15) is 12.4 Å². The fourth-order valence-electron chi connectivity index (χ4n) is 2.86. The molecule has 1 aliphatic carbocycles. The fraction of sp³-hybridized carbons (Fsp3) is 0.263. The molecular weight excluding hydrogens is 306 g/mol. The molecule has 1 amide bonds. The molecular formula is C19H17NO4. The number of rotatable bonds is 3. The smallest absolute Gasteiger partial charge is 0.414 e. The Balaban J connectivity index is 1.47. The third-order valence-electron chi connectivity index (χ3n) is 4.50. The van der Waals surface area contributed by atoms with Gasteiger partial charge in [0, 0.05) is 12.7 Å². The van der Waals surface area contributed by atoms with Crippen LogP contribution in [0.25, 0.3) is 0 Å². The van der Waals surface area contributed by atoms with Gasteiger partial charge in [0.05, 0.1) is 5.56 Å². The number of amides is 1. The molecule has 2 aromatic rings. The number of carbonyl (C=O) groups is 2. The molecule has 0 bridgehead atoms. The summed E-state index contributed by atoms with van der Waals surface area (Å²) in [4.78, 5) is 26.0. The molecule has 5 heteroatoms. The monoisotopic (exact) mass is 323 g/mol. The lowest BCUT2D eigenvalue weighted by atomic mass is 10.1. The van der Waals surface area contributed by atoms with Crippen LogP contribution in [0.2, 0.25) is 0 Å². The van der Waals surface area contributed by atoms with Gasteiger partial charge in [0.2, 0.25) is 5.78 Å². The summed E-state index contributed by atoms with van der Waals surface area (Å²) < 4.78 is 11.0. The highest BCUT2D eigenvalue weighted by Gasteiger charge is 2.57. The average molecular weight is 323 g/mol. The summed E-state index contributed by atoms with van der Waals surface area (Å²) in [5.74, 6) is 0.623. The quantitative estimate of drug-likeness (QED) is 0.866. The second-order valence-electron chi connectivity index (χ2n) is 6.21. The van der Waals surface area contributed by atoms with Crippen molar-refractivity contribution in [2.45, 2.75) is 25.0 Å². The van der Waals surface area contributed by atoms with E-state index in [0.717, 1.165) is 18.4 Å². The number of ether oxygens (including phenoxy) is 2. The highest BCUT2D eigenvalue weighted by atomic mass is 16.6. The highest BCUT2D eigenvalue weighted by Crippen LogP contribution is 2.50. The van der Waals surface area contributed by atoms with Crippen molar-refractivity contribution in [3.8, 4) is 5.75 Å². The summed E-state index contributed by atoms with van der Waals surface area (Å²) in [5.41, 5.74) is 1.47. The lowest BCUT2D eigenvalue weighted by molar-refractivity contribution is 0.0820. The summed E-state index contributed by atoms with van der Waals surface area (Å²) in [5, 5.41) is 0. The number of hydrogen-bond donors (Lipinski definition) is 0. The Morgan fingerprint density at radius 3 is 2.67 bits per heavy atom. The van der Waals surface area contributed by atoms with Crippen LogP contribution in [0.1, 0.15) is 28.8 Å². The number of carbonyl (C=O) groups excluding carboxylic acids is 2. The number of ketones is 1. The molecule has 4 rings (SSSR count). The van der Waals surface area contributed by atoms with Gasteiger partial charge < -0.3 is 9.47 Å². The van der Waals surface area contributed by atoms with Crippen molar-refractivity contribution in [3.63, 3.8) is 0 Å². The van der Waals surface area contributed by atoms with Gasteiger partial charge in [0.25, 0.3) is 0 Å². The molecule has 1 spiro atoms. The average Bonchev–Trinajstić information content (AvgIpc) is 3.34. The van der Waals surface area contributed by atoms with Gasteiger partial charge >= 0.3 is 6.09 Å². The Hall–Kier alpha value is -2.82. The predicted octanol–water partition coefficient (Wildman–Crippen LogP) is 3.57.